The van der Waals surface area contributed by atoms with Crippen LogP contribution in [0.15, 0.2) is 4.99 Å². The standard InChI is InChI=1S/C16H29N3O2.HI/c1-5-17-15(18-13-11-16(13,3)4)19-9-7-12(8-10-19)14(20)21-6-2;/h12-13H,5-11H2,1-4H3,(H,17,18);1H. The summed E-state index contributed by atoms with van der Waals surface area (Å²) in [6, 6.07) is 0.533. The molecule has 6 heteroatoms. The molecular weight excluding hydrogens is 393 g/mol. The van der Waals surface area contributed by atoms with E-state index in [4.69, 9.17) is 4.74 Å². The molecule has 1 heterocycles. The number of aliphatic imine (C=N–C) groups is 1. The van der Waals surface area contributed by atoms with E-state index in [1.165, 1.54) is 6.42 Å². The number of hydrogen-bond donors (Lipinski definition) is 1. The summed E-state index contributed by atoms with van der Waals surface area (Å²) in [4.78, 5) is 18.7. The lowest BCUT2D eigenvalue weighted by atomic mass is 9.97. The van der Waals surface area contributed by atoms with Crippen molar-refractivity contribution in [3.8, 4) is 0 Å². The number of carbonyl (C=O) groups excluding carboxylic acids is 1. The summed E-state index contributed by atoms with van der Waals surface area (Å²) in [5, 5.41) is 3.58. The third kappa shape index (κ3) is 4.99. The molecule has 128 valence electrons. The van der Waals surface area contributed by atoms with Gasteiger partial charge in [0.1, 0.15) is 0 Å². The molecular formula is C16H30IN3O2. The Balaban J connectivity index is 0.00000242. The molecule has 0 aromatic heterocycles. The number of ether oxygens (including phenoxy) is 1. The number of carbonyl (C=O) groups is 1. The van der Waals surface area contributed by atoms with Gasteiger partial charge in [0.25, 0.3) is 0 Å². The van der Waals surface area contributed by atoms with Crippen molar-refractivity contribution in [1.29, 1.82) is 0 Å². The fourth-order valence-corrected chi connectivity index (χ4v) is 2.84. The average Bonchev–Trinajstić information content (AvgIpc) is 3.06. The van der Waals surface area contributed by atoms with E-state index in [1.807, 2.05) is 6.92 Å². The highest BCUT2D eigenvalue weighted by Gasteiger charge is 2.46. The minimum atomic E-state index is -0.0394. The third-order valence-corrected chi connectivity index (χ3v) is 4.54. The molecule has 2 rings (SSSR count). The van der Waals surface area contributed by atoms with Gasteiger partial charge in [0.05, 0.1) is 12.5 Å². The molecule has 0 aromatic rings. The Hall–Kier alpha value is -0.530. The van der Waals surface area contributed by atoms with E-state index in [0.29, 0.717) is 18.1 Å². The highest BCUT2D eigenvalue weighted by molar-refractivity contribution is 14.0. The molecule has 2 fully saturated rings. The third-order valence-electron chi connectivity index (χ3n) is 4.54. The Morgan fingerprint density at radius 1 is 1.32 bits per heavy atom. The van der Waals surface area contributed by atoms with Crippen LogP contribution in [0.3, 0.4) is 0 Å². The lowest BCUT2D eigenvalue weighted by molar-refractivity contribution is -0.149. The fourth-order valence-electron chi connectivity index (χ4n) is 2.84. The molecule has 1 saturated carbocycles. The van der Waals surface area contributed by atoms with E-state index in [1.54, 1.807) is 0 Å². The first-order valence-corrected chi connectivity index (χ1v) is 8.20. The van der Waals surface area contributed by atoms with E-state index in [-0.39, 0.29) is 35.9 Å². The monoisotopic (exact) mass is 423 g/mol. The van der Waals surface area contributed by atoms with Gasteiger partial charge in [-0.15, -0.1) is 24.0 Å². The van der Waals surface area contributed by atoms with Crippen molar-refractivity contribution >= 4 is 35.9 Å². The van der Waals surface area contributed by atoms with Gasteiger partial charge in [0.15, 0.2) is 5.96 Å². The second kappa shape index (κ2) is 8.36. The van der Waals surface area contributed by atoms with Crippen molar-refractivity contribution in [3.05, 3.63) is 0 Å². The number of nitrogens with zero attached hydrogens (tertiary/aromatic N) is 2. The van der Waals surface area contributed by atoms with E-state index in [9.17, 15) is 4.79 Å². The molecule has 5 nitrogen and oxygen atoms in total. The second-order valence-corrected chi connectivity index (χ2v) is 6.70. The van der Waals surface area contributed by atoms with Crippen molar-refractivity contribution in [1.82, 2.24) is 10.2 Å². The van der Waals surface area contributed by atoms with Crippen LogP contribution in [-0.4, -0.2) is 49.1 Å². The maximum absolute atomic E-state index is 11.8. The average molecular weight is 423 g/mol. The van der Waals surface area contributed by atoms with Gasteiger partial charge >= 0.3 is 5.97 Å². The van der Waals surface area contributed by atoms with Gasteiger partial charge in [-0.25, -0.2) is 0 Å². The Kier molecular flexibility index (Phi) is 7.41. The van der Waals surface area contributed by atoms with Crippen molar-refractivity contribution in [2.75, 3.05) is 26.2 Å². The van der Waals surface area contributed by atoms with Crippen molar-refractivity contribution in [3.63, 3.8) is 0 Å². The summed E-state index contributed by atoms with van der Waals surface area (Å²) in [7, 11) is 0. The van der Waals surface area contributed by atoms with Gasteiger partial charge in [-0.05, 0) is 38.5 Å². The van der Waals surface area contributed by atoms with Crippen molar-refractivity contribution in [2.45, 2.75) is 53.0 Å². The first kappa shape index (κ1) is 19.5. The molecule has 22 heavy (non-hydrogen) atoms. The van der Waals surface area contributed by atoms with Crippen LogP contribution in [0.2, 0.25) is 0 Å². The van der Waals surface area contributed by atoms with Gasteiger partial charge in [-0.1, -0.05) is 13.8 Å². The molecule has 1 aliphatic carbocycles. The van der Waals surface area contributed by atoms with Gasteiger partial charge in [-0.2, -0.15) is 0 Å². The number of halogens is 1. The van der Waals surface area contributed by atoms with Gasteiger partial charge in [0, 0.05) is 25.7 Å². The van der Waals surface area contributed by atoms with Crippen LogP contribution < -0.4 is 5.32 Å². The maximum atomic E-state index is 11.8. The number of rotatable bonds is 4. The summed E-state index contributed by atoms with van der Waals surface area (Å²) in [6.07, 6.45) is 2.92. The predicted molar refractivity (Wildman–Crippen MR) is 99.6 cm³/mol. The van der Waals surface area contributed by atoms with Crippen molar-refractivity contribution < 1.29 is 9.53 Å². The van der Waals surface area contributed by atoms with E-state index in [2.05, 4.69) is 36.0 Å². The Morgan fingerprint density at radius 3 is 2.36 bits per heavy atom. The summed E-state index contributed by atoms with van der Waals surface area (Å²) in [5.74, 6) is 1.03. The number of likely N-dealkylation sites (tertiary alicyclic amines) is 1. The zero-order valence-electron chi connectivity index (χ0n) is 14.2. The lowest BCUT2D eigenvalue weighted by Crippen LogP contribution is -2.48. The molecule has 2 aliphatic rings. The highest BCUT2D eigenvalue weighted by atomic mass is 127. The summed E-state index contributed by atoms with van der Waals surface area (Å²) < 4.78 is 5.12. The van der Waals surface area contributed by atoms with Gasteiger partial charge < -0.3 is 15.0 Å². The number of piperidine rings is 1. The van der Waals surface area contributed by atoms with Crippen LogP contribution in [0.25, 0.3) is 0 Å². The molecule has 1 unspecified atom stereocenters. The summed E-state index contributed by atoms with van der Waals surface area (Å²) in [5.41, 5.74) is 0.387. The number of nitrogens with one attached hydrogen (secondary N) is 1. The molecule has 0 spiro atoms. The second-order valence-electron chi connectivity index (χ2n) is 6.70. The van der Waals surface area contributed by atoms with Crippen LogP contribution in [0.4, 0.5) is 0 Å². The molecule has 0 radical (unpaired) electrons. The molecule has 1 atom stereocenters. The molecule has 0 amide bonds. The Bertz CT molecular complexity index is 404. The van der Waals surface area contributed by atoms with Crippen LogP contribution in [0.5, 0.6) is 0 Å². The maximum Gasteiger partial charge on any atom is 0.309 e. The molecule has 0 bridgehead atoms. The zero-order chi connectivity index (χ0) is 15.5. The highest BCUT2D eigenvalue weighted by Crippen LogP contribution is 2.44. The van der Waals surface area contributed by atoms with E-state index < -0.39 is 0 Å². The van der Waals surface area contributed by atoms with E-state index >= 15 is 0 Å². The van der Waals surface area contributed by atoms with Gasteiger partial charge in [-0.3, -0.25) is 9.79 Å². The number of guanidine groups is 1. The van der Waals surface area contributed by atoms with E-state index in [0.717, 1.165) is 38.4 Å². The van der Waals surface area contributed by atoms with Crippen LogP contribution in [0.1, 0.15) is 47.0 Å². The minimum Gasteiger partial charge on any atom is -0.466 e. The largest absolute Gasteiger partial charge is 0.466 e. The lowest BCUT2D eigenvalue weighted by Gasteiger charge is -2.33. The first-order valence-electron chi connectivity index (χ1n) is 8.20. The van der Waals surface area contributed by atoms with Crippen LogP contribution in [0, 0.1) is 11.3 Å². The fraction of sp³-hybridized carbons (Fsp3) is 0.875. The molecule has 1 saturated heterocycles. The SMILES string of the molecule is CCN=C(NC1CC1(C)C)N1CCC(C(=O)OCC)CC1.I. The predicted octanol–water partition coefficient (Wildman–Crippen LogP) is 2.64. The van der Waals surface area contributed by atoms with Gasteiger partial charge in [0.2, 0.25) is 0 Å². The number of hydrogen-bond acceptors (Lipinski definition) is 3. The molecule has 1 aliphatic heterocycles. The minimum absolute atomic E-state index is 0. The smallest absolute Gasteiger partial charge is 0.309 e. The van der Waals surface area contributed by atoms with Crippen LogP contribution in [-0.2, 0) is 9.53 Å². The van der Waals surface area contributed by atoms with Crippen LogP contribution >= 0.6 is 24.0 Å². The molecule has 1 N–H and O–H groups in total. The zero-order valence-corrected chi connectivity index (χ0v) is 16.6. The quantitative estimate of drug-likeness (QED) is 0.327. The summed E-state index contributed by atoms with van der Waals surface area (Å²) in [6.45, 7) is 11.5. The normalized spacial score (nSPS) is 24.5. The Labute approximate surface area is 151 Å². The Morgan fingerprint density at radius 2 is 1.91 bits per heavy atom. The first-order chi connectivity index (χ1) is 9.97. The summed E-state index contributed by atoms with van der Waals surface area (Å²) >= 11 is 0. The topological polar surface area (TPSA) is 53.9 Å². The molecule has 0 aromatic carbocycles. The number of esters is 1. The van der Waals surface area contributed by atoms with Crippen molar-refractivity contribution in [2.24, 2.45) is 16.3 Å².